The van der Waals surface area contributed by atoms with Crippen LogP contribution in [0, 0.1) is 11.8 Å². The molecule has 5 nitrogen and oxygen atoms in total. The molecule has 0 bridgehead atoms. The molecular weight excluding hydrogens is 280 g/mol. The van der Waals surface area contributed by atoms with Gasteiger partial charge in [0.25, 0.3) is 0 Å². The van der Waals surface area contributed by atoms with Crippen LogP contribution in [0.15, 0.2) is 18.2 Å². The van der Waals surface area contributed by atoms with Crippen molar-refractivity contribution in [2.24, 2.45) is 11.8 Å². The Morgan fingerprint density at radius 3 is 2.50 bits per heavy atom. The van der Waals surface area contributed by atoms with Crippen molar-refractivity contribution < 1.29 is 14.3 Å². The zero-order valence-electron chi connectivity index (χ0n) is 13.9. The number of benzene rings is 1. The first kappa shape index (κ1) is 16.6. The van der Waals surface area contributed by atoms with Gasteiger partial charge in [0.1, 0.15) is 11.5 Å². The largest absolute Gasteiger partial charge is 0.497 e. The molecule has 1 fully saturated rings. The van der Waals surface area contributed by atoms with Crippen LogP contribution in [-0.2, 0) is 4.79 Å². The van der Waals surface area contributed by atoms with E-state index in [9.17, 15) is 4.79 Å². The van der Waals surface area contributed by atoms with Crippen molar-refractivity contribution in [3.8, 4) is 11.5 Å². The molecule has 1 heterocycles. The van der Waals surface area contributed by atoms with Gasteiger partial charge in [-0.25, -0.2) is 0 Å². The SMILES string of the molecule is COc1ccc(NC(=O)CN2C[C@@H](C)C[C@H](C)C2)c(OC)c1. The Balaban J connectivity index is 1.97. The molecule has 1 aromatic carbocycles. The Hall–Kier alpha value is -1.75. The topological polar surface area (TPSA) is 50.8 Å². The molecule has 22 heavy (non-hydrogen) atoms. The van der Waals surface area contributed by atoms with Gasteiger partial charge in [-0.05, 0) is 30.4 Å². The molecule has 2 rings (SSSR count). The average molecular weight is 306 g/mol. The van der Waals surface area contributed by atoms with Gasteiger partial charge in [-0.3, -0.25) is 9.69 Å². The van der Waals surface area contributed by atoms with Crippen LogP contribution in [-0.4, -0.2) is 44.7 Å². The summed E-state index contributed by atoms with van der Waals surface area (Å²) in [6.45, 7) is 6.87. The van der Waals surface area contributed by atoms with E-state index in [1.54, 1.807) is 26.4 Å². The maximum Gasteiger partial charge on any atom is 0.238 e. The summed E-state index contributed by atoms with van der Waals surface area (Å²) in [7, 11) is 3.18. The lowest BCUT2D eigenvalue weighted by atomic mass is 9.92. The van der Waals surface area contributed by atoms with E-state index in [0.29, 0.717) is 35.6 Å². The number of nitrogens with zero attached hydrogens (tertiary/aromatic N) is 1. The van der Waals surface area contributed by atoms with Gasteiger partial charge in [-0.15, -0.1) is 0 Å². The quantitative estimate of drug-likeness (QED) is 0.908. The van der Waals surface area contributed by atoms with Gasteiger partial charge in [0, 0.05) is 19.2 Å². The Labute approximate surface area is 132 Å². The van der Waals surface area contributed by atoms with Gasteiger partial charge in [-0.2, -0.15) is 0 Å². The average Bonchev–Trinajstić information content (AvgIpc) is 2.46. The molecule has 0 radical (unpaired) electrons. The van der Waals surface area contributed by atoms with Crippen LogP contribution >= 0.6 is 0 Å². The van der Waals surface area contributed by atoms with E-state index in [1.807, 2.05) is 6.07 Å². The van der Waals surface area contributed by atoms with E-state index in [2.05, 4.69) is 24.1 Å². The van der Waals surface area contributed by atoms with E-state index in [4.69, 9.17) is 9.47 Å². The maximum atomic E-state index is 12.3. The molecule has 1 amide bonds. The van der Waals surface area contributed by atoms with Crippen molar-refractivity contribution in [1.82, 2.24) is 4.90 Å². The number of piperidine rings is 1. The second-order valence-electron chi connectivity index (χ2n) is 6.25. The molecule has 0 unspecified atom stereocenters. The number of hydrogen-bond donors (Lipinski definition) is 1. The zero-order valence-corrected chi connectivity index (χ0v) is 13.9. The van der Waals surface area contributed by atoms with E-state index in [-0.39, 0.29) is 5.91 Å². The van der Waals surface area contributed by atoms with Crippen molar-refractivity contribution in [3.63, 3.8) is 0 Å². The molecule has 1 N–H and O–H groups in total. The number of carbonyl (C=O) groups is 1. The summed E-state index contributed by atoms with van der Waals surface area (Å²) in [5.41, 5.74) is 0.673. The van der Waals surface area contributed by atoms with E-state index < -0.39 is 0 Å². The van der Waals surface area contributed by atoms with Crippen molar-refractivity contribution in [3.05, 3.63) is 18.2 Å². The number of ether oxygens (including phenoxy) is 2. The second kappa shape index (κ2) is 7.49. The summed E-state index contributed by atoms with van der Waals surface area (Å²) in [5.74, 6) is 2.59. The van der Waals surface area contributed by atoms with Crippen LogP contribution < -0.4 is 14.8 Å². The zero-order chi connectivity index (χ0) is 16.1. The summed E-state index contributed by atoms with van der Waals surface area (Å²) in [5, 5.41) is 2.93. The standard InChI is InChI=1S/C17H26N2O3/c1-12-7-13(2)10-19(9-12)11-17(20)18-15-6-5-14(21-3)8-16(15)22-4/h5-6,8,12-13H,7,9-11H2,1-4H3,(H,18,20)/t12-,13-/m0/s1. The number of anilines is 1. The Bertz CT molecular complexity index is 509. The highest BCUT2D eigenvalue weighted by Crippen LogP contribution is 2.29. The molecule has 0 aromatic heterocycles. The van der Waals surface area contributed by atoms with Gasteiger partial charge in [0.15, 0.2) is 0 Å². The lowest BCUT2D eigenvalue weighted by Crippen LogP contribution is -2.42. The van der Waals surface area contributed by atoms with Gasteiger partial charge in [0.05, 0.1) is 26.5 Å². The Morgan fingerprint density at radius 1 is 1.23 bits per heavy atom. The van der Waals surface area contributed by atoms with Crippen LogP contribution in [0.2, 0.25) is 0 Å². The van der Waals surface area contributed by atoms with E-state index in [0.717, 1.165) is 13.1 Å². The molecule has 0 spiro atoms. The summed E-state index contributed by atoms with van der Waals surface area (Å²) < 4.78 is 10.5. The summed E-state index contributed by atoms with van der Waals surface area (Å²) in [6, 6.07) is 5.38. The van der Waals surface area contributed by atoms with E-state index in [1.165, 1.54) is 6.42 Å². The lowest BCUT2D eigenvalue weighted by Gasteiger charge is -2.34. The summed E-state index contributed by atoms with van der Waals surface area (Å²) in [6.07, 6.45) is 1.24. The minimum absolute atomic E-state index is 0.00948. The molecule has 5 heteroatoms. The van der Waals surface area contributed by atoms with Gasteiger partial charge in [-0.1, -0.05) is 13.8 Å². The molecular formula is C17H26N2O3. The highest BCUT2D eigenvalue weighted by Gasteiger charge is 2.23. The van der Waals surface area contributed by atoms with Gasteiger partial charge in [0.2, 0.25) is 5.91 Å². The number of likely N-dealkylation sites (tertiary alicyclic amines) is 1. The number of rotatable bonds is 5. The fraction of sp³-hybridized carbons (Fsp3) is 0.588. The molecule has 122 valence electrons. The molecule has 1 aliphatic heterocycles. The second-order valence-corrected chi connectivity index (χ2v) is 6.25. The molecule has 0 aliphatic carbocycles. The Kier molecular flexibility index (Phi) is 5.66. The number of nitrogens with one attached hydrogen (secondary N) is 1. The Morgan fingerprint density at radius 2 is 1.91 bits per heavy atom. The van der Waals surface area contributed by atoms with Crippen LogP contribution in [0.1, 0.15) is 20.3 Å². The minimum Gasteiger partial charge on any atom is -0.497 e. The van der Waals surface area contributed by atoms with Crippen LogP contribution in [0.4, 0.5) is 5.69 Å². The fourth-order valence-electron chi connectivity index (χ4n) is 3.22. The maximum absolute atomic E-state index is 12.3. The van der Waals surface area contributed by atoms with Gasteiger partial charge < -0.3 is 14.8 Å². The third-order valence-corrected chi connectivity index (χ3v) is 3.99. The third-order valence-electron chi connectivity index (χ3n) is 3.99. The van der Waals surface area contributed by atoms with Crippen molar-refractivity contribution >= 4 is 11.6 Å². The molecule has 1 saturated heterocycles. The predicted octanol–water partition coefficient (Wildman–Crippen LogP) is 2.62. The highest BCUT2D eigenvalue weighted by atomic mass is 16.5. The monoisotopic (exact) mass is 306 g/mol. The first-order valence-electron chi connectivity index (χ1n) is 7.76. The normalized spacial score (nSPS) is 22.2. The smallest absolute Gasteiger partial charge is 0.238 e. The predicted molar refractivity (Wildman–Crippen MR) is 87.6 cm³/mol. The van der Waals surface area contributed by atoms with Crippen molar-refractivity contribution in [1.29, 1.82) is 0 Å². The minimum atomic E-state index is -0.00948. The molecule has 0 saturated carbocycles. The van der Waals surface area contributed by atoms with Gasteiger partial charge >= 0.3 is 0 Å². The van der Waals surface area contributed by atoms with Crippen LogP contribution in [0.5, 0.6) is 11.5 Å². The van der Waals surface area contributed by atoms with Crippen LogP contribution in [0.25, 0.3) is 0 Å². The first-order valence-corrected chi connectivity index (χ1v) is 7.76. The summed E-state index contributed by atoms with van der Waals surface area (Å²) >= 11 is 0. The highest BCUT2D eigenvalue weighted by molar-refractivity contribution is 5.93. The first-order chi connectivity index (χ1) is 10.5. The number of methoxy groups -OCH3 is 2. The molecule has 1 aromatic rings. The summed E-state index contributed by atoms with van der Waals surface area (Å²) in [4.78, 5) is 14.5. The fourth-order valence-corrected chi connectivity index (χ4v) is 3.22. The number of hydrogen-bond acceptors (Lipinski definition) is 4. The molecule has 1 aliphatic rings. The number of amides is 1. The third kappa shape index (κ3) is 4.37. The van der Waals surface area contributed by atoms with Crippen molar-refractivity contribution in [2.45, 2.75) is 20.3 Å². The molecule has 2 atom stereocenters. The van der Waals surface area contributed by atoms with Crippen molar-refractivity contribution in [2.75, 3.05) is 39.2 Å². The van der Waals surface area contributed by atoms with Crippen LogP contribution in [0.3, 0.4) is 0 Å². The number of carbonyl (C=O) groups excluding carboxylic acids is 1. The van der Waals surface area contributed by atoms with E-state index >= 15 is 0 Å². The lowest BCUT2D eigenvalue weighted by molar-refractivity contribution is -0.117.